The van der Waals surface area contributed by atoms with Crippen molar-refractivity contribution in [2.45, 2.75) is 13.0 Å². The molecular weight excluding hydrogens is 330 g/mol. The summed E-state index contributed by atoms with van der Waals surface area (Å²) < 4.78 is 2.85. The fourth-order valence-corrected chi connectivity index (χ4v) is 2.47. The van der Waals surface area contributed by atoms with E-state index in [4.69, 9.17) is 5.73 Å². The molecule has 1 atom stereocenters. The molecule has 2 N–H and O–H groups in total. The molecule has 0 bridgehead atoms. The normalized spacial score (nSPS) is 12.3. The van der Waals surface area contributed by atoms with Gasteiger partial charge in [0.1, 0.15) is 0 Å². The molecule has 3 rings (SSSR count). The Hall–Kier alpha value is -2.21. The lowest BCUT2D eigenvalue weighted by molar-refractivity contribution is 0.548. The maximum atomic E-state index is 5.84. The highest BCUT2D eigenvalue weighted by Gasteiger charge is 2.16. The molecule has 0 aliphatic carbocycles. The molecule has 1 heterocycles. The number of nitrogen functional groups attached to an aromatic ring is 1. The zero-order valence-corrected chi connectivity index (χ0v) is 13.0. The number of anilines is 1. The van der Waals surface area contributed by atoms with Crippen molar-refractivity contribution in [2.24, 2.45) is 0 Å². The van der Waals surface area contributed by atoms with Crippen molar-refractivity contribution in [1.82, 2.24) is 20.2 Å². The van der Waals surface area contributed by atoms with Crippen molar-refractivity contribution < 1.29 is 0 Å². The van der Waals surface area contributed by atoms with Gasteiger partial charge in [-0.1, -0.05) is 40.2 Å². The number of tetrazole rings is 1. The summed E-state index contributed by atoms with van der Waals surface area (Å²) in [6.45, 7) is 2.06. The van der Waals surface area contributed by atoms with Gasteiger partial charge in [-0.25, -0.2) is 4.68 Å². The molecule has 0 aliphatic rings. The molecule has 0 radical (unpaired) electrons. The SMILES string of the molecule is CC(c1ccc(Br)cc1)n1nnnc1-c1cccc(N)c1. The van der Waals surface area contributed by atoms with Gasteiger partial charge in [0.15, 0.2) is 5.82 Å². The highest BCUT2D eigenvalue weighted by Crippen LogP contribution is 2.25. The van der Waals surface area contributed by atoms with Crippen LogP contribution in [0.3, 0.4) is 0 Å². The quantitative estimate of drug-likeness (QED) is 0.740. The Morgan fingerprint density at radius 3 is 2.62 bits per heavy atom. The van der Waals surface area contributed by atoms with Gasteiger partial charge < -0.3 is 5.73 Å². The van der Waals surface area contributed by atoms with E-state index in [0.717, 1.165) is 15.6 Å². The van der Waals surface area contributed by atoms with Gasteiger partial charge in [0.25, 0.3) is 0 Å². The Bertz CT molecular complexity index is 751. The molecule has 0 spiro atoms. The average molecular weight is 344 g/mol. The molecule has 0 saturated carbocycles. The van der Waals surface area contributed by atoms with E-state index in [0.29, 0.717) is 11.5 Å². The van der Waals surface area contributed by atoms with Gasteiger partial charge in [-0.2, -0.15) is 0 Å². The molecule has 106 valence electrons. The predicted molar refractivity (Wildman–Crippen MR) is 85.6 cm³/mol. The van der Waals surface area contributed by atoms with E-state index >= 15 is 0 Å². The Morgan fingerprint density at radius 1 is 1.14 bits per heavy atom. The Kier molecular flexibility index (Phi) is 3.70. The molecule has 21 heavy (non-hydrogen) atoms. The van der Waals surface area contributed by atoms with Gasteiger partial charge in [-0.3, -0.25) is 0 Å². The van der Waals surface area contributed by atoms with Gasteiger partial charge in [0, 0.05) is 15.7 Å². The molecule has 0 saturated heterocycles. The second kappa shape index (κ2) is 5.65. The van der Waals surface area contributed by atoms with Crippen molar-refractivity contribution >= 4 is 21.6 Å². The van der Waals surface area contributed by atoms with Crippen molar-refractivity contribution in [1.29, 1.82) is 0 Å². The Morgan fingerprint density at radius 2 is 1.90 bits per heavy atom. The van der Waals surface area contributed by atoms with Gasteiger partial charge in [-0.05, 0) is 47.2 Å². The van der Waals surface area contributed by atoms with Crippen molar-refractivity contribution in [3.63, 3.8) is 0 Å². The summed E-state index contributed by atoms with van der Waals surface area (Å²) >= 11 is 3.44. The minimum absolute atomic E-state index is 0.0320. The number of rotatable bonds is 3. The maximum absolute atomic E-state index is 5.84. The average Bonchev–Trinajstić information content (AvgIpc) is 2.97. The third kappa shape index (κ3) is 2.80. The molecule has 0 aliphatic heterocycles. The number of hydrogen-bond donors (Lipinski definition) is 1. The summed E-state index contributed by atoms with van der Waals surface area (Å²) in [5.41, 5.74) is 8.57. The Labute approximate surface area is 130 Å². The smallest absolute Gasteiger partial charge is 0.182 e. The lowest BCUT2D eigenvalue weighted by Crippen LogP contribution is -2.10. The number of benzene rings is 2. The van der Waals surface area contributed by atoms with E-state index in [9.17, 15) is 0 Å². The van der Waals surface area contributed by atoms with E-state index < -0.39 is 0 Å². The van der Waals surface area contributed by atoms with Crippen LogP contribution in [-0.2, 0) is 0 Å². The van der Waals surface area contributed by atoms with E-state index in [1.807, 2.05) is 36.4 Å². The highest BCUT2D eigenvalue weighted by molar-refractivity contribution is 9.10. The van der Waals surface area contributed by atoms with Gasteiger partial charge in [0.05, 0.1) is 6.04 Å². The third-order valence-corrected chi connectivity index (χ3v) is 3.89. The summed E-state index contributed by atoms with van der Waals surface area (Å²) in [6.07, 6.45) is 0. The summed E-state index contributed by atoms with van der Waals surface area (Å²) in [7, 11) is 0. The van der Waals surface area contributed by atoms with Crippen LogP contribution >= 0.6 is 15.9 Å². The molecule has 1 unspecified atom stereocenters. The van der Waals surface area contributed by atoms with Crippen LogP contribution in [-0.4, -0.2) is 20.2 Å². The largest absolute Gasteiger partial charge is 0.399 e. The molecule has 0 fully saturated rings. The summed E-state index contributed by atoms with van der Waals surface area (Å²) in [5, 5.41) is 12.1. The standard InChI is InChI=1S/C15H14BrN5/c1-10(11-5-7-13(16)8-6-11)21-15(18-19-20-21)12-3-2-4-14(17)9-12/h2-10H,17H2,1H3. The summed E-state index contributed by atoms with van der Waals surface area (Å²) in [5.74, 6) is 0.706. The van der Waals surface area contributed by atoms with Crippen LogP contribution < -0.4 is 5.73 Å². The summed E-state index contributed by atoms with van der Waals surface area (Å²) in [6, 6.07) is 15.7. The zero-order valence-electron chi connectivity index (χ0n) is 11.4. The second-order valence-corrected chi connectivity index (χ2v) is 5.72. The van der Waals surface area contributed by atoms with Crippen molar-refractivity contribution in [3.8, 4) is 11.4 Å². The van der Waals surface area contributed by atoms with E-state index in [-0.39, 0.29) is 6.04 Å². The lowest BCUT2D eigenvalue weighted by atomic mass is 10.1. The minimum Gasteiger partial charge on any atom is -0.399 e. The molecule has 6 heteroatoms. The molecule has 3 aromatic rings. The minimum atomic E-state index is 0.0320. The van der Waals surface area contributed by atoms with Crippen LogP contribution in [0.15, 0.2) is 53.0 Å². The second-order valence-electron chi connectivity index (χ2n) is 4.80. The molecule has 0 amide bonds. The van der Waals surface area contributed by atoms with Gasteiger partial charge in [0.2, 0.25) is 0 Å². The first-order valence-electron chi connectivity index (χ1n) is 6.54. The first-order valence-corrected chi connectivity index (χ1v) is 7.33. The van der Waals surface area contributed by atoms with Crippen molar-refractivity contribution in [2.75, 3.05) is 5.73 Å². The first-order chi connectivity index (χ1) is 10.1. The third-order valence-electron chi connectivity index (χ3n) is 3.36. The molecule has 2 aromatic carbocycles. The molecule has 1 aromatic heterocycles. The fraction of sp³-hybridized carbons (Fsp3) is 0.133. The van der Waals surface area contributed by atoms with E-state index in [1.54, 1.807) is 4.68 Å². The number of nitrogens with two attached hydrogens (primary N) is 1. The van der Waals surface area contributed by atoms with Crippen LogP contribution in [0.1, 0.15) is 18.5 Å². The monoisotopic (exact) mass is 343 g/mol. The first kappa shape index (κ1) is 13.8. The van der Waals surface area contributed by atoms with Crippen LogP contribution in [0.2, 0.25) is 0 Å². The molecule has 5 nitrogen and oxygen atoms in total. The van der Waals surface area contributed by atoms with E-state index in [1.165, 1.54) is 0 Å². The van der Waals surface area contributed by atoms with Crippen LogP contribution in [0.25, 0.3) is 11.4 Å². The van der Waals surface area contributed by atoms with Gasteiger partial charge >= 0.3 is 0 Å². The number of aromatic nitrogens is 4. The predicted octanol–water partition coefficient (Wildman–Crippen LogP) is 3.29. The lowest BCUT2D eigenvalue weighted by Gasteiger charge is -2.14. The molecular formula is C15H14BrN5. The topological polar surface area (TPSA) is 69.6 Å². The van der Waals surface area contributed by atoms with Crippen LogP contribution in [0, 0.1) is 0 Å². The number of nitrogens with zero attached hydrogens (tertiary/aromatic N) is 4. The number of halogens is 1. The van der Waals surface area contributed by atoms with Crippen LogP contribution in [0.5, 0.6) is 0 Å². The van der Waals surface area contributed by atoms with Crippen LogP contribution in [0.4, 0.5) is 5.69 Å². The highest BCUT2D eigenvalue weighted by atomic mass is 79.9. The van der Waals surface area contributed by atoms with Crippen molar-refractivity contribution in [3.05, 3.63) is 58.6 Å². The Balaban J connectivity index is 2.00. The van der Waals surface area contributed by atoms with Gasteiger partial charge in [-0.15, -0.1) is 5.10 Å². The maximum Gasteiger partial charge on any atom is 0.182 e. The van der Waals surface area contributed by atoms with E-state index in [2.05, 4.69) is 50.5 Å². The number of hydrogen-bond acceptors (Lipinski definition) is 4. The fourth-order valence-electron chi connectivity index (χ4n) is 2.20. The summed E-state index contributed by atoms with van der Waals surface area (Å²) in [4.78, 5) is 0. The zero-order chi connectivity index (χ0) is 14.8.